The summed E-state index contributed by atoms with van der Waals surface area (Å²) in [6.07, 6.45) is 4.36. The highest BCUT2D eigenvalue weighted by molar-refractivity contribution is 7.91. The van der Waals surface area contributed by atoms with E-state index in [-0.39, 0.29) is 9.79 Å². The molecule has 0 fully saturated rings. The Balaban J connectivity index is 1.67. The van der Waals surface area contributed by atoms with Crippen molar-refractivity contribution in [2.24, 2.45) is 5.14 Å². The molecule has 27 heavy (non-hydrogen) atoms. The van der Waals surface area contributed by atoms with Crippen LogP contribution >= 0.6 is 0 Å². The fourth-order valence-corrected chi connectivity index (χ4v) is 4.62. The average Bonchev–Trinajstić information content (AvgIpc) is 3.04. The number of hydrogen-bond donors (Lipinski definition) is 2. The highest BCUT2D eigenvalue weighted by atomic mass is 32.2. The quantitative estimate of drug-likeness (QED) is 0.672. The van der Waals surface area contributed by atoms with Gasteiger partial charge in [0.15, 0.2) is 9.84 Å². The lowest BCUT2D eigenvalue weighted by Gasteiger charge is -2.13. The molecule has 0 amide bonds. The van der Waals surface area contributed by atoms with Gasteiger partial charge in [-0.2, -0.15) is 0 Å². The van der Waals surface area contributed by atoms with Crippen molar-refractivity contribution in [3.05, 3.63) is 47.5 Å². The van der Waals surface area contributed by atoms with Crippen LogP contribution in [0, 0.1) is 0 Å². The Kier molecular flexibility index (Phi) is 5.45. The van der Waals surface area contributed by atoms with Gasteiger partial charge in [-0.25, -0.2) is 22.0 Å². The summed E-state index contributed by atoms with van der Waals surface area (Å²) < 4.78 is 52.6. The number of nitrogens with one attached hydrogen (secondary N) is 1. The first kappa shape index (κ1) is 19.7. The molecule has 1 aliphatic carbocycles. The third-order valence-electron chi connectivity index (χ3n) is 4.44. The van der Waals surface area contributed by atoms with Crippen molar-refractivity contribution >= 4 is 25.5 Å². The number of aryl methyl sites for hydroxylation is 2. The molecule has 0 saturated heterocycles. The van der Waals surface area contributed by atoms with Gasteiger partial charge in [0.1, 0.15) is 12.4 Å². The van der Waals surface area contributed by atoms with Gasteiger partial charge in [0.05, 0.1) is 15.5 Å². The third-order valence-corrected chi connectivity index (χ3v) is 6.48. The summed E-state index contributed by atoms with van der Waals surface area (Å²) in [6, 6.07) is 9.80. The molecule has 0 unspecified atom stereocenters. The number of benzene rings is 2. The van der Waals surface area contributed by atoms with E-state index in [2.05, 4.69) is 11.4 Å². The molecule has 1 aliphatic rings. The van der Waals surface area contributed by atoms with E-state index < -0.39 is 19.9 Å². The van der Waals surface area contributed by atoms with Crippen molar-refractivity contribution in [1.82, 2.24) is 0 Å². The van der Waals surface area contributed by atoms with Crippen molar-refractivity contribution in [1.29, 1.82) is 0 Å². The number of ether oxygens (including phenoxy) is 1. The van der Waals surface area contributed by atoms with Crippen molar-refractivity contribution in [2.45, 2.75) is 29.1 Å². The summed E-state index contributed by atoms with van der Waals surface area (Å²) in [7, 11) is -7.62. The molecule has 2 aromatic carbocycles. The predicted octanol–water partition coefficient (Wildman–Crippen LogP) is 1.72. The molecular weight excluding hydrogens is 388 g/mol. The van der Waals surface area contributed by atoms with Crippen LogP contribution in [-0.4, -0.2) is 36.2 Å². The smallest absolute Gasteiger partial charge is 0.238 e. The molecule has 0 aliphatic heterocycles. The van der Waals surface area contributed by atoms with Crippen LogP contribution in [0.15, 0.2) is 46.2 Å². The Bertz CT molecular complexity index is 1060. The molecule has 0 saturated carbocycles. The standard InChI is InChI=1S/C18H22N2O5S2/c1-26(21,22)18-12-16(27(19,23)24)7-8-17(18)20-9-10-25-15-6-5-13-3-2-4-14(13)11-15/h5-8,11-12,20H,2-4,9-10H2,1H3,(H2,19,23,24). The molecule has 0 spiro atoms. The van der Waals surface area contributed by atoms with Gasteiger partial charge in [-0.05, 0) is 60.7 Å². The lowest BCUT2D eigenvalue weighted by Crippen LogP contribution is -2.16. The van der Waals surface area contributed by atoms with Crippen molar-refractivity contribution in [3.8, 4) is 5.75 Å². The summed E-state index contributed by atoms with van der Waals surface area (Å²) >= 11 is 0. The van der Waals surface area contributed by atoms with Crippen LogP contribution in [-0.2, 0) is 32.7 Å². The number of rotatable bonds is 7. The number of fused-ring (bicyclic) bond motifs is 1. The van der Waals surface area contributed by atoms with Crippen LogP contribution in [0.3, 0.4) is 0 Å². The van der Waals surface area contributed by atoms with Crippen LogP contribution in [0.1, 0.15) is 17.5 Å². The van der Waals surface area contributed by atoms with Gasteiger partial charge in [0.2, 0.25) is 10.0 Å². The van der Waals surface area contributed by atoms with Gasteiger partial charge in [-0.15, -0.1) is 0 Å². The average molecular weight is 411 g/mol. The Morgan fingerprint density at radius 3 is 2.48 bits per heavy atom. The topological polar surface area (TPSA) is 116 Å². The van der Waals surface area contributed by atoms with Gasteiger partial charge in [-0.3, -0.25) is 0 Å². The molecule has 0 bridgehead atoms. The first-order chi connectivity index (χ1) is 12.6. The second-order valence-electron chi connectivity index (χ2n) is 6.53. The van der Waals surface area contributed by atoms with E-state index in [1.165, 1.54) is 29.7 Å². The SMILES string of the molecule is CS(=O)(=O)c1cc(S(N)(=O)=O)ccc1NCCOc1ccc2c(c1)CCC2. The molecular formula is C18H22N2O5S2. The van der Waals surface area contributed by atoms with Crippen LogP contribution in [0.2, 0.25) is 0 Å². The lowest BCUT2D eigenvalue weighted by molar-refractivity contribution is 0.332. The van der Waals surface area contributed by atoms with E-state index in [9.17, 15) is 16.8 Å². The Labute approximate surface area is 159 Å². The van der Waals surface area contributed by atoms with Crippen molar-refractivity contribution < 1.29 is 21.6 Å². The van der Waals surface area contributed by atoms with Gasteiger partial charge in [-0.1, -0.05) is 6.07 Å². The van der Waals surface area contributed by atoms with Gasteiger partial charge >= 0.3 is 0 Å². The number of sulfone groups is 1. The normalized spacial score (nSPS) is 14.0. The second kappa shape index (κ2) is 7.49. The van der Waals surface area contributed by atoms with Crippen LogP contribution < -0.4 is 15.2 Å². The van der Waals surface area contributed by atoms with Crippen LogP contribution in [0.25, 0.3) is 0 Å². The number of primary sulfonamides is 1. The minimum Gasteiger partial charge on any atom is -0.492 e. The van der Waals surface area contributed by atoms with E-state index in [1.807, 2.05) is 12.1 Å². The van der Waals surface area contributed by atoms with E-state index >= 15 is 0 Å². The van der Waals surface area contributed by atoms with Crippen molar-refractivity contribution in [3.63, 3.8) is 0 Å². The van der Waals surface area contributed by atoms with Gasteiger partial charge in [0, 0.05) is 12.8 Å². The number of sulfonamides is 1. The maximum atomic E-state index is 12.0. The molecule has 3 N–H and O–H groups in total. The molecule has 146 valence electrons. The summed E-state index contributed by atoms with van der Waals surface area (Å²) in [6.45, 7) is 0.688. The van der Waals surface area contributed by atoms with Crippen LogP contribution in [0.5, 0.6) is 5.75 Å². The minimum atomic E-state index is -3.99. The third kappa shape index (κ3) is 4.79. The highest BCUT2D eigenvalue weighted by Crippen LogP contribution is 2.26. The molecule has 0 heterocycles. The lowest BCUT2D eigenvalue weighted by atomic mass is 10.1. The van der Waals surface area contributed by atoms with Crippen molar-refractivity contribution in [2.75, 3.05) is 24.7 Å². The van der Waals surface area contributed by atoms with E-state index in [4.69, 9.17) is 9.88 Å². The number of hydrogen-bond acceptors (Lipinski definition) is 6. The molecule has 0 radical (unpaired) electrons. The van der Waals surface area contributed by atoms with Gasteiger partial charge in [0.25, 0.3) is 0 Å². The minimum absolute atomic E-state index is 0.119. The molecule has 9 heteroatoms. The molecule has 0 aromatic heterocycles. The summed E-state index contributed by atoms with van der Waals surface area (Å²) in [5.41, 5.74) is 2.99. The second-order valence-corrected chi connectivity index (χ2v) is 10.1. The Hall–Kier alpha value is -2.10. The van der Waals surface area contributed by atoms with Crippen LogP contribution in [0.4, 0.5) is 5.69 Å². The Morgan fingerprint density at radius 2 is 1.78 bits per heavy atom. The first-order valence-electron chi connectivity index (χ1n) is 8.50. The highest BCUT2D eigenvalue weighted by Gasteiger charge is 2.18. The first-order valence-corrected chi connectivity index (χ1v) is 11.9. The largest absolute Gasteiger partial charge is 0.492 e. The number of nitrogens with two attached hydrogens (primary N) is 1. The van der Waals surface area contributed by atoms with E-state index in [0.717, 1.165) is 30.9 Å². The van der Waals surface area contributed by atoms with Gasteiger partial charge < -0.3 is 10.1 Å². The maximum Gasteiger partial charge on any atom is 0.238 e. The van der Waals surface area contributed by atoms with E-state index in [0.29, 0.717) is 18.8 Å². The number of anilines is 1. The predicted molar refractivity (Wildman–Crippen MR) is 103 cm³/mol. The monoisotopic (exact) mass is 410 g/mol. The fourth-order valence-electron chi connectivity index (χ4n) is 3.13. The molecule has 7 nitrogen and oxygen atoms in total. The fraction of sp³-hybridized carbons (Fsp3) is 0.333. The van der Waals surface area contributed by atoms with E-state index in [1.54, 1.807) is 0 Å². The molecule has 0 atom stereocenters. The molecule has 3 rings (SSSR count). The zero-order valence-electron chi connectivity index (χ0n) is 14.9. The molecule has 2 aromatic rings. The summed E-state index contributed by atoms with van der Waals surface area (Å²) in [5, 5.41) is 8.06. The Morgan fingerprint density at radius 1 is 1.04 bits per heavy atom. The maximum absolute atomic E-state index is 12.0. The zero-order chi connectivity index (χ0) is 19.7. The summed E-state index contributed by atoms with van der Waals surface area (Å²) in [4.78, 5) is -0.366. The zero-order valence-corrected chi connectivity index (χ0v) is 16.6. The summed E-state index contributed by atoms with van der Waals surface area (Å²) in [5.74, 6) is 0.783.